The number of likely N-dealkylation sites (N-methyl/N-ethyl adjacent to an activating group) is 1. The molecule has 0 amide bonds. The fourth-order valence-electron chi connectivity index (χ4n) is 1.19. The Morgan fingerprint density at radius 3 is 2.75 bits per heavy atom. The Balaban J connectivity index is 2.64. The van der Waals surface area contributed by atoms with E-state index in [2.05, 4.69) is 4.74 Å². The smallest absolute Gasteiger partial charge is 0.362 e. The van der Waals surface area contributed by atoms with E-state index in [-0.39, 0.29) is 5.97 Å². The van der Waals surface area contributed by atoms with Crippen LogP contribution in [0.15, 0.2) is 12.4 Å². The van der Waals surface area contributed by atoms with E-state index >= 15 is 0 Å². The molecule has 0 fully saturated rings. The molecular formula is C8H14N2O2+2. The molecule has 0 saturated heterocycles. The summed E-state index contributed by atoms with van der Waals surface area (Å²) in [5.74, 6) is -0.200. The number of esters is 1. The molecule has 0 aromatic carbocycles. The molecule has 0 aliphatic carbocycles. The molecule has 1 rings (SSSR count). The second-order valence-corrected chi connectivity index (χ2v) is 3.16. The van der Waals surface area contributed by atoms with E-state index in [1.807, 2.05) is 37.4 Å². The first-order chi connectivity index (χ1) is 5.56. The molecule has 0 radical (unpaired) electrons. The van der Waals surface area contributed by atoms with Crippen molar-refractivity contribution in [3.8, 4) is 0 Å². The van der Waals surface area contributed by atoms with E-state index < -0.39 is 0 Å². The number of quaternary nitrogens is 1. The van der Waals surface area contributed by atoms with Gasteiger partial charge in [0.15, 0.2) is 12.7 Å². The quantitative estimate of drug-likeness (QED) is 0.325. The summed E-state index contributed by atoms with van der Waals surface area (Å²) in [4.78, 5) is 11.0. The van der Waals surface area contributed by atoms with Crippen molar-refractivity contribution in [2.75, 3.05) is 27.7 Å². The molecule has 66 valence electrons. The predicted molar refractivity (Wildman–Crippen MR) is 44.5 cm³/mol. The number of ether oxygens (including phenoxy) is 1. The van der Waals surface area contributed by atoms with Crippen molar-refractivity contribution < 1.29 is 18.6 Å². The molecule has 0 spiro atoms. The lowest BCUT2D eigenvalue weighted by Gasteiger charge is -2.15. The molecule has 12 heavy (non-hydrogen) atoms. The highest BCUT2D eigenvalue weighted by atomic mass is 16.5. The first-order valence-corrected chi connectivity index (χ1v) is 3.75. The van der Waals surface area contributed by atoms with E-state index in [1.54, 1.807) is 0 Å². The molecule has 1 heterocycles. The van der Waals surface area contributed by atoms with Crippen molar-refractivity contribution in [2.45, 2.75) is 0 Å². The predicted octanol–water partition coefficient (Wildman–Crippen LogP) is -0.239. The van der Waals surface area contributed by atoms with Crippen LogP contribution in [0.4, 0.5) is 0 Å². The molecule has 0 aromatic heterocycles. The number of carbonyl (C=O) groups excluding carboxylic acids is 1. The summed E-state index contributed by atoms with van der Waals surface area (Å²) >= 11 is 0. The van der Waals surface area contributed by atoms with Crippen LogP contribution in [0.1, 0.15) is 0 Å². The Hall–Kier alpha value is -1.16. The Kier molecular flexibility index (Phi) is 2.28. The van der Waals surface area contributed by atoms with Crippen molar-refractivity contribution in [1.29, 1.82) is 0 Å². The Bertz CT molecular complexity index is 258. The van der Waals surface area contributed by atoms with Gasteiger partial charge in [0.05, 0.1) is 14.2 Å². The monoisotopic (exact) mass is 170 g/mol. The maximum atomic E-state index is 11.0. The first-order valence-electron chi connectivity index (χ1n) is 3.75. The van der Waals surface area contributed by atoms with Crippen molar-refractivity contribution in [2.24, 2.45) is 0 Å². The van der Waals surface area contributed by atoms with E-state index in [9.17, 15) is 4.79 Å². The largest absolute Gasteiger partial charge is 0.465 e. The van der Waals surface area contributed by atoms with E-state index in [1.165, 1.54) is 7.11 Å². The van der Waals surface area contributed by atoms with Gasteiger partial charge >= 0.3 is 12.3 Å². The van der Waals surface area contributed by atoms with Gasteiger partial charge in [0.2, 0.25) is 6.20 Å². The molecule has 1 aliphatic rings. The van der Waals surface area contributed by atoms with Crippen LogP contribution in [0.5, 0.6) is 0 Å². The second-order valence-electron chi connectivity index (χ2n) is 3.16. The Morgan fingerprint density at radius 1 is 1.67 bits per heavy atom. The molecule has 0 aromatic rings. The summed E-state index contributed by atoms with van der Waals surface area (Å²) in [5.41, 5.74) is 0. The molecule has 1 atom stereocenters. The van der Waals surface area contributed by atoms with Crippen LogP contribution >= 0.6 is 0 Å². The van der Waals surface area contributed by atoms with E-state index in [4.69, 9.17) is 0 Å². The molecule has 0 saturated carbocycles. The summed E-state index contributed by atoms with van der Waals surface area (Å²) in [6.07, 6.45) is 5.80. The third-order valence-corrected chi connectivity index (χ3v) is 1.79. The minimum atomic E-state index is -0.200. The first kappa shape index (κ1) is 8.93. The lowest BCUT2D eigenvalue weighted by Crippen LogP contribution is -2.41. The van der Waals surface area contributed by atoms with Crippen LogP contribution in [-0.2, 0) is 9.53 Å². The third-order valence-electron chi connectivity index (χ3n) is 1.79. The van der Waals surface area contributed by atoms with Gasteiger partial charge in [0.1, 0.15) is 7.05 Å². The van der Waals surface area contributed by atoms with Gasteiger partial charge in [-0.2, -0.15) is 4.58 Å². The van der Waals surface area contributed by atoms with Gasteiger partial charge < -0.3 is 4.74 Å². The third kappa shape index (κ3) is 1.92. The standard InChI is InChI=1S/C8H14N2O2/c1-9-4-5-10(2,7-9)6-8(11)12-3/h4-5,7H,6H2,1-3H3/q+2. The number of hydrogen-bond donors (Lipinski definition) is 0. The highest BCUT2D eigenvalue weighted by Crippen LogP contribution is 2.05. The summed E-state index contributed by atoms with van der Waals surface area (Å²) in [6, 6.07) is 0. The molecular weight excluding hydrogens is 156 g/mol. The molecule has 1 aliphatic heterocycles. The van der Waals surface area contributed by atoms with Crippen LogP contribution in [-0.4, -0.2) is 49.1 Å². The van der Waals surface area contributed by atoms with Crippen LogP contribution in [0, 0.1) is 0 Å². The lowest BCUT2D eigenvalue weighted by atomic mass is 10.5. The highest BCUT2D eigenvalue weighted by molar-refractivity contribution is 5.71. The van der Waals surface area contributed by atoms with Gasteiger partial charge in [-0.1, -0.05) is 0 Å². The van der Waals surface area contributed by atoms with Crippen LogP contribution in [0.2, 0.25) is 0 Å². The molecule has 4 heteroatoms. The van der Waals surface area contributed by atoms with Crippen LogP contribution in [0.25, 0.3) is 0 Å². The second kappa shape index (κ2) is 3.06. The highest BCUT2D eigenvalue weighted by Gasteiger charge is 2.30. The number of nitrogens with zero attached hydrogens (tertiary/aromatic N) is 2. The molecule has 1 unspecified atom stereocenters. The van der Waals surface area contributed by atoms with Crippen molar-refractivity contribution in [1.82, 2.24) is 0 Å². The van der Waals surface area contributed by atoms with E-state index in [0.717, 1.165) is 0 Å². The lowest BCUT2D eigenvalue weighted by molar-refractivity contribution is -0.759. The zero-order valence-corrected chi connectivity index (χ0v) is 7.65. The van der Waals surface area contributed by atoms with Gasteiger partial charge in [0.25, 0.3) is 0 Å². The number of carbonyl (C=O) groups is 1. The molecule has 0 N–H and O–H groups in total. The van der Waals surface area contributed by atoms with Crippen molar-refractivity contribution >= 4 is 12.3 Å². The van der Waals surface area contributed by atoms with Crippen molar-refractivity contribution in [3.63, 3.8) is 0 Å². The Morgan fingerprint density at radius 2 is 2.33 bits per heavy atom. The number of methoxy groups -OCH3 is 1. The zero-order valence-electron chi connectivity index (χ0n) is 7.65. The van der Waals surface area contributed by atoms with Gasteiger partial charge in [-0.05, 0) is 0 Å². The SMILES string of the molecule is COC(=O)C[N+]1(C)C=C[N+](C)=C1. The minimum Gasteiger partial charge on any atom is -0.465 e. The summed E-state index contributed by atoms with van der Waals surface area (Å²) in [6.45, 7) is 0.345. The topological polar surface area (TPSA) is 29.3 Å². The van der Waals surface area contributed by atoms with Crippen LogP contribution < -0.4 is 0 Å². The normalized spacial score (nSPS) is 27.1. The summed E-state index contributed by atoms with van der Waals surface area (Å²) < 4.78 is 6.98. The maximum Gasteiger partial charge on any atom is 0.362 e. The average molecular weight is 170 g/mol. The Labute approximate surface area is 71.9 Å². The number of rotatable bonds is 2. The van der Waals surface area contributed by atoms with Gasteiger partial charge in [-0.3, -0.25) is 0 Å². The van der Waals surface area contributed by atoms with Gasteiger partial charge in [0, 0.05) is 0 Å². The summed E-state index contributed by atoms with van der Waals surface area (Å²) in [5, 5.41) is 0. The van der Waals surface area contributed by atoms with Gasteiger partial charge in [-0.25, -0.2) is 9.28 Å². The van der Waals surface area contributed by atoms with Gasteiger partial charge in [-0.15, -0.1) is 0 Å². The number of hydrogen-bond acceptors (Lipinski definition) is 2. The average Bonchev–Trinajstić information content (AvgIpc) is 2.30. The minimum absolute atomic E-state index is 0.200. The maximum absolute atomic E-state index is 11.0. The fraction of sp³-hybridized carbons (Fsp3) is 0.500. The van der Waals surface area contributed by atoms with Crippen LogP contribution in [0.3, 0.4) is 0 Å². The molecule has 0 bridgehead atoms. The zero-order chi connectivity index (χ0) is 9.19. The summed E-state index contributed by atoms with van der Waals surface area (Å²) in [7, 11) is 5.27. The fourth-order valence-corrected chi connectivity index (χ4v) is 1.19. The van der Waals surface area contributed by atoms with Crippen molar-refractivity contribution in [3.05, 3.63) is 12.4 Å². The molecule has 4 nitrogen and oxygen atoms in total. The van der Waals surface area contributed by atoms with E-state index in [0.29, 0.717) is 11.0 Å².